The van der Waals surface area contributed by atoms with E-state index < -0.39 is 0 Å². The van der Waals surface area contributed by atoms with Crippen molar-refractivity contribution in [3.8, 4) is 22.6 Å². The first-order valence-corrected chi connectivity index (χ1v) is 11.2. The largest absolute Gasteiger partial charge is 0.457 e. The molecule has 0 atom stereocenters. The van der Waals surface area contributed by atoms with Crippen LogP contribution in [0.4, 0.5) is 0 Å². The minimum atomic E-state index is -0.0382. The van der Waals surface area contributed by atoms with Gasteiger partial charge in [0.05, 0.1) is 0 Å². The van der Waals surface area contributed by atoms with Crippen molar-refractivity contribution in [2.24, 2.45) is 5.92 Å². The van der Waals surface area contributed by atoms with Gasteiger partial charge < -0.3 is 20.4 Å². The van der Waals surface area contributed by atoms with Gasteiger partial charge >= 0.3 is 0 Å². The third-order valence-electron chi connectivity index (χ3n) is 6.04. The number of hydrogen-bond donors (Lipinski definition) is 3. The molecule has 162 valence electrons. The van der Waals surface area contributed by atoms with E-state index in [1.165, 1.54) is 0 Å². The number of nitrogens with one attached hydrogen (secondary N) is 3. The van der Waals surface area contributed by atoms with Crippen LogP contribution in [0.25, 0.3) is 22.0 Å². The molecule has 1 amide bonds. The molecule has 1 aromatic heterocycles. The van der Waals surface area contributed by atoms with Gasteiger partial charge in [-0.05, 0) is 79.4 Å². The molecule has 0 aliphatic carbocycles. The van der Waals surface area contributed by atoms with Crippen molar-refractivity contribution in [3.63, 3.8) is 0 Å². The molecular weight excluding hydrogens is 398 g/mol. The van der Waals surface area contributed by atoms with Gasteiger partial charge in [0, 0.05) is 17.4 Å². The molecule has 5 heteroatoms. The fourth-order valence-corrected chi connectivity index (χ4v) is 4.19. The van der Waals surface area contributed by atoms with Crippen molar-refractivity contribution in [3.05, 3.63) is 84.6 Å². The van der Waals surface area contributed by atoms with E-state index in [0.29, 0.717) is 11.6 Å². The van der Waals surface area contributed by atoms with Crippen LogP contribution in [0.2, 0.25) is 0 Å². The van der Waals surface area contributed by atoms with Crippen LogP contribution in [-0.2, 0) is 0 Å². The Hall–Kier alpha value is -3.57. The number of piperidine rings is 1. The lowest BCUT2D eigenvalue weighted by Gasteiger charge is -2.22. The predicted molar refractivity (Wildman–Crippen MR) is 128 cm³/mol. The molecule has 0 saturated carbocycles. The summed E-state index contributed by atoms with van der Waals surface area (Å²) < 4.78 is 5.88. The van der Waals surface area contributed by atoms with E-state index in [2.05, 4.69) is 45.9 Å². The van der Waals surface area contributed by atoms with Gasteiger partial charge in [-0.1, -0.05) is 42.5 Å². The van der Waals surface area contributed by atoms with Crippen LogP contribution in [0, 0.1) is 5.92 Å². The Balaban J connectivity index is 1.27. The predicted octanol–water partition coefficient (Wildman–Crippen LogP) is 5.36. The molecule has 3 aromatic carbocycles. The Kier molecular flexibility index (Phi) is 5.90. The summed E-state index contributed by atoms with van der Waals surface area (Å²) in [5, 5.41) is 7.48. The third kappa shape index (κ3) is 4.68. The van der Waals surface area contributed by atoms with Crippen molar-refractivity contribution < 1.29 is 9.53 Å². The average molecular weight is 426 g/mol. The second-order valence-electron chi connectivity index (χ2n) is 8.33. The van der Waals surface area contributed by atoms with E-state index in [1.54, 1.807) is 0 Å². The Morgan fingerprint density at radius 1 is 0.875 bits per heavy atom. The number of ether oxygens (including phenoxy) is 1. The lowest BCUT2D eigenvalue weighted by molar-refractivity contribution is 0.0940. The van der Waals surface area contributed by atoms with E-state index in [4.69, 9.17) is 4.74 Å². The van der Waals surface area contributed by atoms with Crippen LogP contribution < -0.4 is 15.4 Å². The highest BCUT2D eigenvalue weighted by Crippen LogP contribution is 2.28. The highest BCUT2D eigenvalue weighted by atomic mass is 16.5. The molecule has 1 aliphatic heterocycles. The van der Waals surface area contributed by atoms with E-state index in [-0.39, 0.29) is 5.91 Å². The smallest absolute Gasteiger partial charge is 0.267 e. The number of para-hydroxylation sites is 1. The highest BCUT2D eigenvalue weighted by Gasteiger charge is 2.16. The van der Waals surface area contributed by atoms with Gasteiger partial charge in [-0.25, -0.2) is 0 Å². The molecule has 3 N–H and O–H groups in total. The number of aromatic amines is 1. The summed E-state index contributed by atoms with van der Waals surface area (Å²) in [4.78, 5) is 15.9. The van der Waals surface area contributed by atoms with E-state index in [1.807, 2.05) is 48.5 Å². The Morgan fingerprint density at radius 2 is 1.59 bits per heavy atom. The Bertz CT molecular complexity index is 1190. The van der Waals surface area contributed by atoms with Crippen molar-refractivity contribution in [1.29, 1.82) is 0 Å². The fourth-order valence-electron chi connectivity index (χ4n) is 4.19. The molecule has 1 aliphatic rings. The lowest BCUT2D eigenvalue weighted by atomic mass is 9.98. The first kappa shape index (κ1) is 20.3. The standard InChI is InChI=1S/C27H27N3O2/c31-27(29-18-19-12-14-28-15-13-19)26-17-22-7-6-21(16-25(22)30-26)20-8-10-24(11-9-20)32-23-4-2-1-3-5-23/h1-11,16-17,19,28,30H,12-15,18H2,(H,29,31). The molecule has 1 fully saturated rings. The first-order valence-electron chi connectivity index (χ1n) is 11.2. The topological polar surface area (TPSA) is 66.2 Å². The van der Waals surface area contributed by atoms with Gasteiger partial charge in [-0.2, -0.15) is 0 Å². The molecule has 0 unspecified atom stereocenters. The molecule has 0 bridgehead atoms. The zero-order chi connectivity index (χ0) is 21.8. The maximum atomic E-state index is 12.6. The molecular formula is C27H27N3O2. The zero-order valence-electron chi connectivity index (χ0n) is 17.9. The molecule has 32 heavy (non-hydrogen) atoms. The summed E-state index contributed by atoms with van der Waals surface area (Å²) >= 11 is 0. The van der Waals surface area contributed by atoms with E-state index in [9.17, 15) is 4.79 Å². The monoisotopic (exact) mass is 425 g/mol. The van der Waals surface area contributed by atoms with Crippen LogP contribution in [0.3, 0.4) is 0 Å². The number of carbonyl (C=O) groups excluding carboxylic acids is 1. The van der Waals surface area contributed by atoms with Crippen molar-refractivity contribution in [2.75, 3.05) is 19.6 Å². The minimum absolute atomic E-state index is 0.0382. The van der Waals surface area contributed by atoms with Gasteiger partial charge in [-0.3, -0.25) is 4.79 Å². The van der Waals surface area contributed by atoms with E-state index >= 15 is 0 Å². The Labute approximate surface area is 187 Å². The third-order valence-corrected chi connectivity index (χ3v) is 6.04. The summed E-state index contributed by atoms with van der Waals surface area (Å²) in [6.45, 7) is 2.81. The van der Waals surface area contributed by atoms with Crippen LogP contribution in [0.15, 0.2) is 78.9 Å². The van der Waals surface area contributed by atoms with Crippen molar-refractivity contribution in [1.82, 2.24) is 15.6 Å². The fraction of sp³-hybridized carbons (Fsp3) is 0.222. The van der Waals surface area contributed by atoms with Gasteiger partial charge in [0.2, 0.25) is 0 Å². The van der Waals surface area contributed by atoms with Gasteiger partial charge in [0.25, 0.3) is 5.91 Å². The van der Waals surface area contributed by atoms with Crippen molar-refractivity contribution >= 4 is 16.8 Å². The lowest BCUT2D eigenvalue weighted by Crippen LogP contribution is -2.36. The van der Waals surface area contributed by atoms with Crippen LogP contribution in [0.5, 0.6) is 11.5 Å². The summed E-state index contributed by atoms with van der Waals surface area (Å²) in [5.74, 6) is 2.14. The van der Waals surface area contributed by atoms with E-state index in [0.717, 1.165) is 66.0 Å². The molecule has 0 spiro atoms. The number of carbonyl (C=O) groups is 1. The van der Waals surface area contributed by atoms with Crippen LogP contribution in [0.1, 0.15) is 23.3 Å². The summed E-state index contributed by atoms with van der Waals surface area (Å²) in [5.41, 5.74) is 3.75. The zero-order valence-corrected chi connectivity index (χ0v) is 17.9. The number of aromatic nitrogens is 1. The second-order valence-corrected chi connectivity index (χ2v) is 8.33. The molecule has 0 radical (unpaired) electrons. The number of fused-ring (bicyclic) bond motifs is 1. The van der Waals surface area contributed by atoms with Gasteiger partial charge in [-0.15, -0.1) is 0 Å². The molecule has 1 saturated heterocycles. The normalized spacial score (nSPS) is 14.4. The molecule has 5 rings (SSSR count). The van der Waals surface area contributed by atoms with Crippen LogP contribution in [-0.4, -0.2) is 30.5 Å². The summed E-state index contributed by atoms with van der Waals surface area (Å²) in [7, 11) is 0. The molecule has 4 aromatic rings. The Morgan fingerprint density at radius 3 is 2.38 bits per heavy atom. The minimum Gasteiger partial charge on any atom is -0.457 e. The quantitative estimate of drug-likeness (QED) is 0.390. The molecule has 2 heterocycles. The SMILES string of the molecule is O=C(NCC1CCNCC1)c1cc2ccc(-c3ccc(Oc4ccccc4)cc3)cc2[nH]1. The maximum Gasteiger partial charge on any atom is 0.267 e. The van der Waals surface area contributed by atoms with Crippen LogP contribution >= 0.6 is 0 Å². The number of hydrogen-bond acceptors (Lipinski definition) is 3. The summed E-state index contributed by atoms with van der Waals surface area (Å²) in [6.07, 6.45) is 2.23. The van der Waals surface area contributed by atoms with Gasteiger partial charge in [0.1, 0.15) is 17.2 Å². The number of amides is 1. The number of H-pyrrole nitrogens is 1. The molecule has 5 nitrogen and oxygen atoms in total. The van der Waals surface area contributed by atoms with Gasteiger partial charge in [0.15, 0.2) is 0 Å². The highest BCUT2D eigenvalue weighted by molar-refractivity contribution is 5.98. The number of rotatable bonds is 6. The average Bonchev–Trinajstić information content (AvgIpc) is 3.28. The first-order chi connectivity index (χ1) is 15.7. The van der Waals surface area contributed by atoms with Crippen molar-refractivity contribution in [2.45, 2.75) is 12.8 Å². The second kappa shape index (κ2) is 9.28. The maximum absolute atomic E-state index is 12.6. The number of benzene rings is 3. The summed E-state index contributed by atoms with van der Waals surface area (Å²) in [6, 6.07) is 26.0.